The molecule has 3 N–H and O–H groups in total. The van der Waals surface area contributed by atoms with Gasteiger partial charge in [0.2, 0.25) is 0 Å². The highest BCUT2D eigenvalue weighted by atomic mass is 16.5. The molecule has 5 heteroatoms. The van der Waals surface area contributed by atoms with E-state index >= 15 is 0 Å². The third kappa shape index (κ3) is 5.73. The van der Waals surface area contributed by atoms with Crippen LogP contribution in [-0.2, 0) is 20.7 Å². The number of esters is 1. The topological polar surface area (TPSA) is 81.4 Å². The highest BCUT2D eigenvalue weighted by Gasteiger charge is 2.17. The molecule has 0 aliphatic rings. The monoisotopic (exact) mass is 278 g/mol. The Bertz CT molecular complexity index is 455. The quantitative estimate of drug-likeness (QED) is 0.610. The number of nitrogens with one attached hydrogen (secondary N) is 1. The molecule has 1 rings (SSSR count). The van der Waals surface area contributed by atoms with E-state index in [0.29, 0.717) is 18.2 Å². The van der Waals surface area contributed by atoms with Gasteiger partial charge in [-0.05, 0) is 30.5 Å². The summed E-state index contributed by atoms with van der Waals surface area (Å²) in [4.78, 5) is 23.4. The first-order valence-corrected chi connectivity index (χ1v) is 6.70. The third-order valence-corrected chi connectivity index (χ3v) is 2.69. The summed E-state index contributed by atoms with van der Waals surface area (Å²) in [6, 6.07) is 6.98. The molecule has 0 aliphatic heterocycles. The first-order valence-electron chi connectivity index (χ1n) is 6.70. The van der Waals surface area contributed by atoms with Gasteiger partial charge < -0.3 is 15.8 Å². The van der Waals surface area contributed by atoms with Crippen LogP contribution in [0.5, 0.6) is 0 Å². The molecule has 1 unspecified atom stereocenters. The molecular weight excluding hydrogens is 256 g/mol. The van der Waals surface area contributed by atoms with Crippen LogP contribution in [0.15, 0.2) is 24.3 Å². The number of carbonyl (C=O) groups excluding carboxylic acids is 2. The van der Waals surface area contributed by atoms with Crippen LogP contribution in [0.4, 0.5) is 5.69 Å². The zero-order chi connectivity index (χ0) is 15.1. The number of nitrogens with two attached hydrogens (primary N) is 1. The third-order valence-electron chi connectivity index (χ3n) is 2.69. The Morgan fingerprint density at radius 2 is 1.80 bits per heavy atom. The predicted molar refractivity (Wildman–Crippen MR) is 78.0 cm³/mol. The molecule has 0 heterocycles. The van der Waals surface area contributed by atoms with Crippen molar-refractivity contribution in [3.63, 3.8) is 0 Å². The summed E-state index contributed by atoms with van der Waals surface area (Å²) >= 11 is 0. The normalized spacial score (nSPS) is 12.0. The summed E-state index contributed by atoms with van der Waals surface area (Å²) in [7, 11) is 0. The van der Waals surface area contributed by atoms with E-state index in [9.17, 15) is 9.59 Å². The van der Waals surface area contributed by atoms with Crippen LogP contribution < -0.4 is 11.1 Å². The van der Waals surface area contributed by atoms with Gasteiger partial charge in [0.1, 0.15) is 0 Å². The van der Waals surface area contributed by atoms with Gasteiger partial charge in [-0.3, -0.25) is 9.59 Å². The number of amides is 1. The van der Waals surface area contributed by atoms with Crippen LogP contribution in [0.1, 0.15) is 26.3 Å². The second-order valence-electron chi connectivity index (χ2n) is 5.19. The number of nitrogen functional groups attached to an aromatic ring is 1. The molecule has 1 atom stereocenters. The Balaban J connectivity index is 2.41. The molecule has 1 aromatic carbocycles. The molecule has 0 spiro atoms. The van der Waals surface area contributed by atoms with Crippen molar-refractivity contribution in [3.8, 4) is 0 Å². The maximum Gasteiger partial charge on any atom is 0.311 e. The standard InChI is InChI=1S/C15H22N2O3/c1-10(2)9-17-15(19)11(3)20-14(18)8-12-4-6-13(16)7-5-12/h4-7,10-11H,8-9,16H2,1-3H3,(H,17,19). The van der Waals surface area contributed by atoms with Crippen LogP contribution in [0, 0.1) is 5.92 Å². The molecule has 0 fully saturated rings. The number of carbonyl (C=O) groups is 2. The van der Waals surface area contributed by atoms with Crippen molar-refractivity contribution in [2.45, 2.75) is 33.3 Å². The van der Waals surface area contributed by atoms with Crippen molar-refractivity contribution in [2.75, 3.05) is 12.3 Å². The van der Waals surface area contributed by atoms with Crippen LogP contribution in [0.3, 0.4) is 0 Å². The predicted octanol–water partition coefficient (Wildman–Crippen LogP) is 1.52. The fourth-order valence-electron chi connectivity index (χ4n) is 1.54. The smallest absolute Gasteiger partial charge is 0.311 e. The minimum atomic E-state index is -0.782. The van der Waals surface area contributed by atoms with Gasteiger partial charge in [-0.25, -0.2) is 0 Å². The average Bonchev–Trinajstić information content (AvgIpc) is 2.38. The Labute approximate surface area is 119 Å². The Morgan fingerprint density at radius 1 is 1.20 bits per heavy atom. The molecule has 110 valence electrons. The number of hydrogen-bond acceptors (Lipinski definition) is 4. The highest BCUT2D eigenvalue weighted by molar-refractivity contribution is 5.83. The lowest BCUT2D eigenvalue weighted by Crippen LogP contribution is -2.37. The molecule has 0 saturated carbocycles. The summed E-state index contributed by atoms with van der Waals surface area (Å²) in [5.74, 6) is -0.344. The van der Waals surface area contributed by atoms with E-state index < -0.39 is 12.1 Å². The highest BCUT2D eigenvalue weighted by Crippen LogP contribution is 2.07. The molecule has 0 bridgehead atoms. The molecule has 20 heavy (non-hydrogen) atoms. The van der Waals surface area contributed by atoms with E-state index in [-0.39, 0.29) is 12.3 Å². The number of benzene rings is 1. The molecular formula is C15H22N2O3. The largest absolute Gasteiger partial charge is 0.452 e. The van der Waals surface area contributed by atoms with Crippen molar-refractivity contribution < 1.29 is 14.3 Å². The number of anilines is 1. The van der Waals surface area contributed by atoms with E-state index in [0.717, 1.165) is 5.56 Å². The Hall–Kier alpha value is -2.04. The summed E-state index contributed by atoms with van der Waals surface area (Å²) in [5, 5.41) is 2.73. The van der Waals surface area contributed by atoms with E-state index in [4.69, 9.17) is 10.5 Å². The zero-order valence-electron chi connectivity index (χ0n) is 12.2. The summed E-state index contributed by atoms with van der Waals surface area (Å²) in [5.41, 5.74) is 7.01. The van der Waals surface area contributed by atoms with Gasteiger partial charge in [0, 0.05) is 12.2 Å². The second-order valence-corrected chi connectivity index (χ2v) is 5.19. The molecule has 5 nitrogen and oxygen atoms in total. The molecule has 0 saturated heterocycles. The SMILES string of the molecule is CC(C)CNC(=O)C(C)OC(=O)Cc1ccc(N)cc1. The van der Waals surface area contributed by atoms with Gasteiger partial charge in [0.25, 0.3) is 5.91 Å². The first kappa shape index (κ1) is 16.0. The maximum absolute atomic E-state index is 11.7. The van der Waals surface area contributed by atoms with Gasteiger partial charge >= 0.3 is 5.97 Å². The Kier molecular flexibility index (Phi) is 6.03. The molecule has 1 aromatic rings. The van der Waals surface area contributed by atoms with Crippen LogP contribution in [0.2, 0.25) is 0 Å². The lowest BCUT2D eigenvalue weighted by molar-refractivity contribution is -0.154. The van der Waals surface area contributed by atoms with Gasteiger partial charge in [0.15, 0.2) is 6.10 Å². The zero-order valence-corrected chi connectivity index (χ0v) is 12.2. The van der Waals surface area contributed by atoms with E-state index in [1.807, 2.05) is 13.8 Å². The number of rotatable bonds is 6. The fraction of sp³-hybridized carbons (Fsp3) is 0.467. The van der Waals surface area contributed by atoms with Gasteiger partial charge in [-0.1, -0.05) is 26.0 Å². The maximum atomic E-state index is 11.7. The van der Waals surface area contributed by atoms with Crippen molar-refractivity contribution in [1.82, 2.24) is 5.32 Å². The first-order chi connectivity index (χ1) is 9.38. The van der Waals surface area contributed by atoms with Crippen LogP contribution in [0.25, 0.3) is 0 Å². The summed E-state index contributed by atoms with van der Waals surface area (Å²) in [6.45, 7) is 6.13. The molecule has 1 amide bonds. The molecule has 0 aliphatic carbocycles. The molecule has 0 aromatic heterocycles. The van der Waals surface area contributed by atoms with E-state index in [1.165, 1.54) is 0 Å². The van der Waals surface area contributed by atoms with Crippen molar-refractivity contribution >= 4 is 17.6 Å². The van der Waals surface area contributed by atoms with Gasteiger partial charge in [-0.15, -0.1) is 0 Å². The number of ether oxygens (including phenoxy) is 1. The van der Waals surface area contributed by atoms with Crippen molar-refractivity contribution in [1.29, 1.82) is 0 Å². The fourth-order valence-corrected chi connectivity index (χ4v) is 1.54. The lowest BCUT2D eigenvalue weighted by Gasteiger charge is -2.14. The minimum absolute atomic E-state index is 0.127. The van der Waals surface area contributed by atoms with E-state index in [2.05, 4.69) is 5.32 Å². The van der Waals surface area contributed by atoms with Crippen LogP contribution in [-0.4, -0.2) is 24.5 Å². The minimum Gasteiger partial charge on any atom is -0.452 e. The lowest BCUT2D eigenvalue weighted by atomic mass is 10.1. The van der Waals surface area contributed by atoms with Crippen LogP contribution >= 0.6 is 0 Å². The summed E-state index contributed by atoms with van der Waals surface area (Å²) in [6.07, 6.45) is -0.655. The van der Waals surface area contributed by atoms with Crippen molar-refractivity contribution in [3.05, 3.63) is 29.8 Å². The van der Waals surface area contributed by atoms with Crippen molar-refractivity contribution in [2.24, 2.45) is 5.92 Å². The van der Waals surface area contributed by atoms with Gasteiger partial charge in [-0.2, -0.15) is 0 Å². The second kappa shape index (κ2) is 7.53. The molecule has 0 radical (unpaired) electrons. The Morgan fingerprint density at radius 3 is 2.35 bits per heavy atom. The summed E-state index contributed by atoms with van der Waals surface area (Å²) < 4.78 is 5.10. The van der Waals surface area contributed by atoms with E-state index in [1.54, 1.807) is 31.2 Å². The number of hydrogen-bond donors (Lipinski definition) is 2. The average molecular weight is 278 g/mol. The van der Waals surface area contributed by atoms with Gasteiger partial charge in [0.05, 0.1) is 6.42 Å².